The number of hydrogen-bond donors (Lipinski definition) is 2. The standard InChI is InChI=1S/Al.H2O4S.H2O.Pb.5H/c;1-5(2,3)4;;;;;;;/h;(H2,1,2,3,4);1H2;;;;;;. The molecule has 8 heteroatoms. The Kier molecular flexibility index (Phi) is 23.6. The minimum absolute atomic E-state index is 0. The fourth-order valence-electron chi connectivity index (χ4n) is 0. The van der Waals surface area contributed by atoms with Crippen molar-refractivity contribution in [3.05, 3.63) is 0 Å². The van der Waals surface area contributed by atoms with Crippen molar-refractivity contribution >= 4 is 55.1 Å². The second-order valence-electron chi connectivity index (χ2n) is 0.448. The Bertz CT molecular complexity index is 95.6. The van der Waals surface area contributed by atoms with Gasteiger partial charge >= 0.3 is 37.7 Å². The first-order chi connectivity index (χ1) is 2.00. The van der Waals surface area contributed by atoms with Crippen molar-refractivity contribution in [2.75, 3.05) is 0 Å². The number of rotatable bonds is 0. The van der Waals surface area contributed by atoms with Gasteiger partial charge in [0.2, 0.25) is 0 Å². The van der Waals surface area contributed by atoms with Gasteiger partial charge in [0.25, 0.3) is 0 Å². The van der Waals surface area contributed by atoms with E-state index in [-0.39, 0.29) is 50.1 Å². The molecule has 0 aliphatic heterocycles. The van der Waals surface area contributed by atoms with Gasteiger partial charge in [0.15, 0.2) is 17.4 Å². The van der Waals surface area contributed by atoms with Gasteiger partial charge in [0, 0.05) is 0 Å². The molecule has 0 spiro atoms. The molecule has 0 fully saturated rings. The van der Waals surface area contributed by atoms with Crippen LogP contribution in [0.3, 0.4) is 0 Å². The Balaban J connectivity index is -0.0000000267. The van der Waals surface area contributed by atoms with Gasteiger partial charge in [-0.25, -0.2) is 0 Å². The Morgan fingerprint density at radius 1 is 1.12 bits per heavy atom. The van der Waals surface area contributed by atoms with Gasteiger partial charge in [-0.15, -0.1) is 0 Å². The van der Waals surface area contributed by atoms with Crippen molar-refractivity contribution in [2.45, 2.75) is 0 Å². The molecule has 0 aliphatic carbocycles. The molecular formula is H9AlO5PbS. The molecule has 0 aliphatic rings. The van der Waals surface area contributed by atoms with Gasteiger partial charge < -0.3 is 5.48 Å². The summed E-state index contributed by atoms with van der Waals surface area (Å²) in [6, 6.07) is 0. The third-order valence-electron chi connectivity index (χ3n) is 0. The fourth-order valence-corrected chi connectivity index (χ4v) is 0. The van der Waals surface area contributed by atoms with Crippen LogP contribution in [-0.2, 0) is 10.4 Å². The van der Waals surface area contributed by atoms with Crippen molar-refractivity contribution in [3.63, 3.8) is 0 Å². The second kappa shape index (κ2) is 8.28. The normalized spacial score (nSPS) is 7.25. The molecule has 0 saturated carbocycles. The van der Waals surface area contributed by atoms with Crippen LogP contribution in [0.1, 0.15) is 0 Å². The van der Waals surface area contributed by atoms with E-state index in [1.54, 1.807) is 0 Å². The van der Waals surface area contributed by atoms with E-state index in [9.17, 15) is 0 Å². The SMILES string of the molecule is O.O=S(=O)(O)O.[AlH3].[PbH2]. The first kappa shape index (κ1) is 22.8. The molecule has 2 radical (unpaired) electrons. The maximum absolute atomic E-state index is 8.74. The van der Waals surface area contributed by atoms with Gasteiger partial charge in [0.05, 0.1) is 0 Å². The molecule has 0 amide bonds. The van der Waals surface area contributed by atoms with Gasteiger partial charge in [-0.3, -0.25) is 9.11 Å². The summed E-state index contributed by atoms with van der Waals surface area (Å²) in [6.07, 6.45) is 0. The molecule has 8 heavy (non-hydrogen) atoms. The molecule has 5 nitrogen and oxygen atoms in total. The first-order valence-electron chi connectivity index (χ1n) is 0.698. The summed E-state index contributed by atoms with van der Waals surface area (Å²) in [6.45, 7) is 0. The molecule has 0 saturated heterocycles. The van der Waals surface area contributed by atoms with E-state index in [1.165, 1.54) is 0 Å². The fraction of sp³-hybridized carbons (Fsp3) is 0. The van der Waals surface area contributed by atoms with Crippen LogP contribution < -0.4 is 0 Å². The summed E-state index contributed by atoms with van der Waals surface area (Å²) in [5.74, 6) is 0. The van der Waals surface area contributed by atoms with Crippen LogP contribution in [0.4, 0.5) is 0 Å². The molecule has 0 aromatic rings. The van der Waals surface area contributed by atoms with E-state index in [4.69, 9.17) is 17.5 Å². The van der Waals surface area contributed by atoms with E-state index in [2.05, 4.69) is 0 Å². The molecule has 52 valence electrons. The summed E-state index contributed by atoms with van der Waals surface area (Å²) in [5.41, 5.74) is 0. The molecule has 0 heterocycles. The molecule has 0 bridgehead atoms. The van der Waals surface area contributed by atoms with E-state index in [0.717, 1.165) is 0 Å². The third kappa shape index (κ3) is 174. The van der Waals surface area contributed by atoms with Crippen LogP contribution in [-0.4, -0.2) is 67.7 Å². The molecule has 0 atom stereocenters. The van der Waals surface area contributed by atoms with Gasteiger partial charge in [0.1, 0.15) is 0 Å². The third-order valence-corrected chi connectivity index (χ3v) is 0. The van der Waals surface area contributed by atoms with Crippen LogP contribution in [0, 0.1) is 0 Å². The van der Waals surface area contributed by atoms with Crippen LogP contribution >= 0.6 is 0 Å². The van der Waals surface area contributed by atoms with Crippen LogP contribution in [0.2, 0.25) is 0 Å². The molecular weight excluding hydrogens is 346 g/mol. The van der Waals surface area contributed by atoms with Gasteiger partial charge in [-0.05, 0) is 0 Å². The number of hydrogen-bond acceptors (Lipinski definition) is 2. The molecule has 0 unspecified atom stereocenters. The van der Waals surface area contributed by atoms with Gasteiger partial charge in [-0.2, -0.15) is 8.42 Å². The molecule has 0 aromatic carbocycles. The molecule has 0 aromatic heterocycles. The first-order valence-corrected chi connectivity index (χ1v) is 2.10. The van der Waals surface area contributed by atoms with Crippen molar-refractivity contribution in [1.82, 2.24) is 0 Å². The van der Waals surface area contributed by atoms with E-state index >= 15 is 0 Å². The predicted molar refractivity (Wildman–Crippen MR) is 36.3 cm³/mol. The van der Waals surface area contributed by atoms with Crippen molar-refractivity contribution < 1.29 is 23.0 Å². The summed E-state index contributed by atoms with van der Waals surface area (Å²) < 4.78 is 31.6. The zero-order chi connectivity index (χ0) is 4.50. The van der Waals surface area contributed by atoms with Crippen molar-refractivity contribution in [3.8, 4) is 0 Å². The van der Waals surface area contributed by atoms with E-state index in [0.29, 0.717) is 0 Å². The topological polar surface area (TPSA) is 106 Å². The Labute approximate surface area is 77.6 Å². The summed E-state index contributed by atoms with van der Waals surface area (Å²) in [5, 5.41) is 0. The van der Waals surface area contributed by atoms with Crippen molar-refractivity contribution in [2.24, 2.45) is 0 Å². The maximum atomic E-state index is 8.74. The van der Waals surface area contributed by atoms with Crippen LogP contribution in [0.5, 0.6) is 0 Å². The molecule has 4 N–H and O–H groups in total. The summed E-state index contributed by atoms with van der Waals surface area (Å²) in [7, 11) is -4.67. The quantitative estimate of drug-likeness (QED) is 0.346. The van der Waals surface area contributed by atoms with Crippen molar-refractivity contribution in [1.29, 1.82) is 0 Å². The average molecular weight is 355 g/mol. The monoisotopic (exact) mass is 356 g/mol. The van der Waals surface area contributed by atoms with Crippen LogP contribution in [0.25, 0.3) is 0 Å². The van der Waals surface area contributed by atoms with Gasteiger partial charge in [-0.1, -0.05) is 0 Å². The molecule has 0 rings (SSSR count). The predicted octanol–water partition coefficient (Wildman–Crippen LogP) is -3.58. The van der Waals surface area contributed by atoms with Crippen LogP contribution in [0.15, 0.2) is 0 Å². The summed E-state index contributed by atoms with van der Waals surface area (Å²) in [4.78, 5) is 0. The Hall–Kier alpha value is 1.28. The summed E-state index contributed by atoms with van der Waals surface area (Å²) >= 11 is 0. The van der Waals surface area contributed by atoms with E-state index in [1.807, 2.05) is 0 Å². The Morgan fingerprint density at radius 2 is 1.12 bits per heavy atom. The minimum atomic E-state index is -4.67. The second-order valence-corrected chi connectivity index (χ2v) is 1.34. The van der Waals surface area contributed by atoms with E-state index < -0.39 is 10.4 Å². The zero-order valence-corrected chi connectivity index (χ0v) is 9.64. The Morgan fingerprint density at radius 3 is 1.12 bits per heavy atom. The average Bonchev–Trinajstić information content (AvgIpc) is 0.722. The zero-order valence-electron chi connectivity index (χ0n) is 3.33.